The van der Waals surface area contributed by atoms with Gasteiger partial charge in [-0.15, -0.1) is 0 Å². The Balaban J connectivity index is 1.93. The number of fused-ring (bicyclic) bond motifs is 1. The highest BCUT2D eigenvalue weighted by molar-refractivity contribution is 6.30. The summed E-state index contributed by atoms with van der Waals surface area (Å²) < 4.78 is 20.7. The lowest BCUT2D eigenvalue weighted by Gasteiger charge is -2.30. The topological polar surface area (TPSA) is 64.4 Å². The zero-order valence-electron chi connectivity index (χ0n) is 19.7. The highest BCUT2D eigenvalue weighted by Crippen LogP contribution is 2.27. The van der Waals surface area contributed by atoms with E-state index in [4.69, 9.17) is 21.3 Å². The van der Waals surface area contributed by atoms with Gasteiger partial charge in [0.2, 0.25) is 0 Å². The van der Waals surface area contributed by atoms with Crippen molar-refractivity contribution >= 4 is 28.4 Å². The standard InChI is InChI=1S/C27H25ClFN3O3/c1-17-15-20(28)11-12-24(17)32-25(30-23-10-5-4-9-22(23)27(32)34)18(2)31(13-14-35-3)26(33)19-7-6-8-21(29)16-19/h4-12,15-16,18H,13-14H2,1-3H3. The van der Waals surface area contributed by atoms with Crippen molar-refractivity contribution in [3.63, 3.8) is 0 Å². The first-order valence-corrected chi connectivity index (χ1v) is 11.5. The van der Waals surface area contributed by atoms with E-state index in [1.54, 1.807) is 49.4 Å². The molecule has 8 heteroatoms. The zero-order chi connectivity index (χ0) is 25.1. The van der Waals surface area contributed by atoms with Gasteiger partial charge in [-0.1, -0.05) is 29.8 Å². The summed E-state index contributed by atoms with van der Waals surface area (Å²) in [5.41, 5.74) is 1.86. The summed E-state index contributed by atoms with van der Waals surface area (Å²) >= 11 is 6.17. The van der Waals surface area contributed by atoms with Gasteiger partial charge < -0.3 is 9.64 Å². The molecular formula is C27H25ClFN3O3. The number of nitrogens with zero attached hydrogens (tertiary/aromatic N) is 3. The predicted molar refractivity (Wildman–Crippen MR) is 135 cm³/mol. The maximum Gasteiger partial charge on any atom is 0.266 e. The smallest absolute Gasteiger partial charge is 0.266 e. The number of hydrogen-bond acceptors (Lipinski definition) is 4. The van der Waals surface area contributed by atoms with Gasteiger partial charge in [0.15, 0.2) is 0 Å². The van der Waals surface area contributed by atoms with E-state index in [0.717, 1.165) is 5.56 Å². The highest BCUT2D eigenvalue weighted by atomic mass is 35.5. The summed E-state index contributed by atoms with van der Waals surface area (Å²) in [5, 5.41) is 1.00. The van der Waals surface area contributed by atoms with Crippen molar-refractivity contribution in [2.75, 3.05) is 20.3 Å². The van der Waals surface area contributed by atoms with E-state index in [1.807, 2.05) is 13.0 Å². The van der Waals surface area contributed by atoms with Gasteiger partial charge in [0.25, 0.3) is 11.5 Å². The van der Waals surface area contributed by atoms with E-state index >= 15 is 0 Å². The zero-order valence-corrected chi connectivity index (χ0v) is 20.4. The number of carbonyl (C=O) groups excluding carboxylic acids is 1. The van der Waals surface area contributed by atoms with Gasteiger partial charge in [0, 0.05) is 24.2 Å². The number of para-hydroxylation sites is 1. The van der Waals surface area contributed by atoms with E-state index in [1.165, 1.54) is 34.8 Å². The molecule has 0 fully saturated rings. The quantitative estimate of drug-likeness (QED) is 0.349. The van der Waals surface area contributed by atoms with Crippen molar-refractivity contribution < 1.29 is 13.9 Å². The van der Waals surface area contributed by atoms with Crippen LogP contribution in [0.15, 0.2) is 71.5 Å². The second-order valence-corrected chi connectivity index (χ2v) is 8.67. The fourth-order valence-corrected chi connectivity index (χ4v) is 4.35. The van der Waals surface area contributed by atoms with E-state index in [0.29, 0.717) is 27.4 Å². The molecular weight excluding hydrogens is 469 g/mol. The van der Waals surface area contributed by atoms with Gasteiger partial charge in [-0.05, 0) is 67.9 Å². The molecule has 0 bridgehead atoms. The molecule has 180 valence electrons. The summed E-state index contributed by atoms with van der Waals surface area (Å²) in [4.78, 5) is 33.6. The molecule has 35 heavy (non-hydrogen) atoms. The molecule has 1 heterocycles. The van der Waals surface area contributed by atoms with Crippen molar-refractivity contribution in [3.8, 4) is 5.69 Å². The molecule has 0 N–H and O–H groups in total. The van der Waals surface area contributed by atoms with E-state index < -0.39 is 17.8 Å². The predicted octanol–water partition coefficient (Wildman–Crippen LogP) is 5.34. The van der Waals surface area contributed by atoms with Gasteiger partial charge >= 0.3 is 0 Å². The number of aromatic nitrogens is 2. The molecule has 3 aromatic carbocycles. The summed E-state index contributed by atoms with van der Waals surface area (Å²) in [6, 6.07) is 17.2. The number of benzene rings is 3. The monoisotopic (exact) mass is 493 g/mol. The lowest BCUT2D eigenvalue weighted by atomic mass is 10.1. The van der Waals surface area contributed by atoms with Crippen molar-refractivity contribution in [2.24, 2.45) is 0 Å². The van der Waals surface area contributed by atoms with Crippen molar-refractivity contribution in [3.05, 3.63) is 105 Å². The molecule has 0 aliphatic rings. The number of rotatable bonds is 7. The Morgan fingerprint density at radius 1 is 1.14 bits per heavy atom. The number of halogens is 2. The summed E-state index contributed by atoms with van der Waals surface area (Å²) in [6.07, 6.45) is 0. The Hall–Kier alpha value is -3.55. The Kier molecular flexibility index (Phi) is 7.28. The van der Waals surface area contributed by atoms with Crippen LogP contribution >= 0.6 is 11.6 Å². The van der Waals surface area contributed by atoms with Crippen LogP contribution in [0, 0.1) is 12.7 Å². The lowest BCUT2D eigenvalue weighted by Crippen LogP contribution is -2.39. The Morgan fingerprint density at radius 2 is 1.91 bits per heavy atom. The lowest BCUT2D eigenvalue weighted by molar-refractivity contribution is 0.0605. The molecule has 1 aromatic heterocycles. The van der Waals surface area contributed by atoms with Crippen LogP contribution in [-0.2, 0) is 4.74 Å². The molecule has 0 spiro atoms. The molecule has 1 atom stereocenters. The van der Waals surface area contributed by atoms with Crippen LogP contribution in [0.4, 0.5) is 4.39 Å². The number of carbonyl (C=O) groups is 1. The molecule has 0 aliphatic heterocycles. The van der Waals surface area contributed by atoms with E-state index in [9.17, 15) is 14.0 Å². The third-order valence-electron chi connectivity index (χ3n) is 5.91. The third kappa shape index (κ3) is 4.97. The van der Waals surface area contributed by atoms with Crippen LogP contribution in [0.2, 0.25) is 5.02 Å². The Bertz CT molecular complexity index is 1450. The number of amides is 1. The summed E-state index contributed by atoms with van der Waals surface area (Å²) in [6.45, 7) is 4.13. The normalized spacial score (nSPS) is 12.0. The molecule has 6 nitrogen and oxygen atoms in total. The van der Waals surface area contributed by atoms with Crippen LogP contribution < -0.4 is 5.56 Å². The van der Waals surface area contributed by atoms with Crippen LogP contribution in [0.25, 0.3) is 16.6 Å². The van der Waals surface area contributed by atoms with Crippen LogP contribution in [0.5, 0.6) is 0 Å². The minimum atomic E-state index is -0.645. The summed E-state index contributed by atoms with van der Waals surface area (Å²) in [7, 11) is 1.54. The van der Waals surface area contributed by atoms with Crippen molar-refractivity contribution in [2.45, 2.75) is 19.9 Å². The van der Waals surface area contributed by atoms with Gasteiger partial charge in [-0.3, -0.25) is 14.2 Å². The minimum absolute atomic E-state index is 0.199. The number of aryl methyl sites for hydroxylation is 1. The molecule has 0 radical (unpaired) electrons. The first-order chi connectivity index (χ1) is 16.8. The van der Waals surface area contributed by atoms with Crippen molar-refractivity contribution in [1.82, 2.24) is 14.5 Å². The Labute approximate surface area is 207 Å². The largest absolute Gasteiger partial charge is 0.383 e. The molecule has 1 amide bonds. The van der Waals surface area contributed by atoms with E-state index in [2.05, 4.69) is 0 Å². The first-order valence-electron chi connectivity index (χ1n) is 11.2. The van der Waals surface area contributed by atoms with Crippen LogP contribution in [0.3, 0.4) is 0 Å². The van der Waals surface area contributed by atoms with Gasteiger partial charge in [0.05, 0.1) is 29.2 Å². The minimum Gasteiger partial charge on any atom is -0.383 e. The van der Waals surface area contributed by atoms with Crippen molar-refractivity contribution in [1.29, 1.82) is 0 Å². The molecule has 0 saturated heterocycles. The molecule has 4 rings (SSSR count). The first kappa shape index (κ1) is 24.6. The molecule has 1 unspecified atom stereocenters. The number of methoxy groups -OCH3 is 1. The third-order valence-corrected chi connectivity index (χ3v) is 6.15. The fourth-order valence-electron chi connectivity index (χ4n) is 4.12. The fraction of sp³-hybridized carbons (Fsp3) is 0.222. The van der Waals surface area contributed by atoms with E-state index in [-0.39, 0.29) is 24.3 Å². The van der Waals surface area contributed by atoms with Gasteiger partial charge in [-0.25, -0.2) is 9.37 Å². The average Bonchev–Trinajstić information content (AvgIpc) is 2.84. The SMILES string of the molecule is COCCN(C(=O)c1cccc(F)c1)C(C)c1nc2ccccc2c(=O)n1-c1ccc(Cl)cc1C. The van der Waals surface area contributed by atoms with Gasteiger partial charge in [-0.2, -0.15) is 0 Å². The second-order valence-electron chi connectivity index (χ2n) is 8.24. The molecule has 0 saturated carbocycles. The summed E-state index contributed by atoms with van der Waals surface area (Å²) in [5.74, 6) is -0.525. The van der Waals surface area contributed by atoms with Crippen LogP contribution in [-0.4, -0.2) is 40.6 Å². The number of ether oxygens (including phenoxy) is 1. The van der Waals surface area contributed by atoms with Gasteiger partial charge in [0.1, 0.15) is 11.6 Å². The maximum absolute atomic E-state index is 13.9. The molecule has 4 aromatic rings. The molecule has 0 aliphatic carbocycles. The number of hydrogen-bond donors (Lipinski definition) is 0. The second kappa shape index (κ2) is 10.4. The Morgan fingerprint density at radius 3 is 2.63 bits per heavy atom. The average molecular weight is 494 g/mol. The highest BCUT2D eigenvalue weighted by Gasteiger charge is 2.28. The van der Waals surface area contributed by atoms with Crippen LogP contribution in [0.1, 0.15) is 34.7 Å². The maximum atomic E-state index is 13.9.